The van der Waals surface area contributed by atoms with E-state index in [9.17, 15) is 9.18 Å². The Morgan fingerprint density at radius 1 is 1.62 bits per heavy atom. The predicted octanol–water partition coefficient (Wildman–Crippen LogP) is 2.97. The van der Waals surface area contributed by atoms with Crippen molar-refractivity contribution in [3.05, 3.63) is 34.1 Å². The number of amides is 1. The molecule has 4 heteroatoms. The van der Waals surface area contributed by atoms with Crippen LogP contribution in [0.1, 0.15) is 23.7 Å². The Kier molecular flexibility index (Phi) is 3.28. The van der Waals surface area contributed by atoms with E-state index in [1.807, 2.05) is 0 Å². The standard InChI is InChI=1S/C12H13BrFNO/c1-7-4-8(7)6-15-12(16)10-5-9(13)2-3-11(10)14/h2-3,5,7-8H,4,6H2,1H3,(H,15,16). The third-order valence-electron chi connectivity index (χ3n) is 2.97. The topological polar surface area (TPSA) is 29.1 Å². The molecule has 1 amide bonds. The first-order valence-electron chi connectivity index (χ1n) is 5.31. The Labute approximate surface area is 102 Å². The van der Waals surface area contributed by atoms with Crippen molar-refractivity contribution in [2.45, 2.75) is 13.3 Å². The summed E-state index contributed by atoms with van der Waals surface area (Å²) in [6.07, 6.45) is 1.15. The van der Waals surface area contributed by atoms with Crippen molar-refractivity contribution in [1.82, 2.24) is 5.32 Å². The number of hydrogen-bond acceptors (Lipinski definition) is 1. The molecule has 1 aliphatic carbocycles. The van der Waals surface area contributed by atoms with E-state index in [2.05, 4.69) is 28.2 Å². The normalized spacial score (nSPS) is 22.9. The van der Waals surface area contributed by atoms with Crippen LogP contribution < -0.4 is 5.32 Å². The van der Waals surface area contributed by atoms with Crippen molar-refractivity contribution >= 4 is 21.8 Å². The highest BCUT2D eigenvalue weighted by atomic mass is 79.9. The van der Waals surface area contributed by atoms with Gasteiger partial charge in [0.1, 0.15) is 5.82 Å². The molecule has 1 aromatic carbocycles. The first-order chi connectivity index (χ1) is 7.58. The van der Waals surface area contributed by atoms with E-state index in [0.29, 0.717) is 22.9 Å². The Balaban J connectivity index is 1.99. The molecule has 2 rings (SSSR count). The van der Waals surface area contributed by atoms with Crippen LogP contribution in [-0.2, 0) is 0 Å². The van der Waals surface area contributed by atoms with Gasteiger partial charge in [0, 0.05) is 11.0 Å². The highest BCUT2D eigenvalue weighted by molar-refractivity contribution is 9.10. The fourth-order valence-corrected chi connectivity index (χ4v) is 2.04. The lowest BCUT2D eigenvalue weighted by Gasteiger charge is -2.05. The first-order valence-corrected chi connectivity index (χ1v) is 6.10. The molecule has 16 heavy (non-hydrogen) atoms. The monoisotopic (exact) mass is 285 g/mol. The summed E-state index contributed by atoms with van der Waals surface area (Å²) in [5, 5.41) is 2.76. The average molecular weight is 286 g/mol. The van der Waals surface area contributed by atoms with E-state index in [4.69, 9.17) is 0 Å². The van der Waals surface area contributed by atoms with Gasteiger partial charge in [-0.2, -0.15) is 0 Å². The molecule has 0 saturated heterocycles. The van der Waals surface area contributed by atoms with Crippen molar-refractivity contribution in [2.75, 3.05) is 6.54 Å². The van der Waals surface area contributed by atoms with Gasteiger partial charge in [0.05, 0.1) is 5.56 Å². The van der Waals surface area contributed by atoms with Crippen LogP contribution in [-0.4, -0.2) is 12.5 Å². The number of rotatable bonds is 3. The van der Waals surface area contributed by atoms with Crippen LogP contribution in [0.5, 0.6) is 0 Å². The van der Waals surface area contributed by atoms with Crippen LogP contribution in [0.3, 0.4) is 0 Å². The summed E-state index contributed by atoms with van der Waals surface area (Å²) >= 11 is 3.22. The predicted molar refractivity (Wildman–Crippen MR) is 63.7 cm³/mol. The molecule has 2 unspecified atom stereocenters. The quantitative estimate of drug-likeness (QED) is 0.909. The Morgan fingerprint density at radius 3 is 2.94 bits per heavy atom. The molecular weight excluding hydrogens is 273 g/mol. The van der Waals surface area contributed by atoms with E-state index in [1.165, 1.54) is 12.1 Å². The summed E-state index contributed by atoms with van der Waals surface area (Å²) in [4.78, 5) is 11.7. The maximum absolute atomic E-state index is 13.4. The summed E-state index contributed by atoms with van der Waals surface area (Å²) in [5.74, 6) is 0.439. The van der Waals surface area contributed by atoms with Crippen molar-refractivity contribution in [3.8, 4) is 0 Å². The molecule has 0 aromatic heterocycles. The van der Waals surface area contributed by atoms with Gasteiger partial charge in [0.25, 0.3) is 5.91 Å². The van der Waals surface area contributed by atoms with Gasteiger partial charge in [-0.25, -0.2) is 4.39 Å². The molecule has 1 N–H and O–H groups in total. The summed E-state index contributed by atoms with van der Waals surface area (Å²) in [6, 6.07) is 4.37. The summed E-state index contributed by atoms with van der Waals surface area (Å²) in [5.41, 5.74) is 0.0997. The maximum Gasteiger partial charge on any atom is 0.254 e. The number of carbonyl (C=O) groups excluding carboxylic acids is 1. The van der Waals surface area contributed by atoms with Crippen molar-refractivity contribution < 1.29 is 9.18 Å². The molecule has 1 fully saturated rings. The Morgan fingerprint density at radius 2 is 2.31 bits per heavy atom. The molecule has 0 aliphatic heterocycles. The largest absolute Gasteiger partial charge is 0.352 e. The van der Waals surface area contributed by atoms with Gasteiger partial charge in [-0.3, -0.25) is 4.79 Å². The highest BCUT2D eigenvalue weighted by Crippen LogP contribution is 2.36. The van der Waals surface area contributed by atoms with Crippen LogP contribution in [0.4, 0.5) is 4.39 Å². The van der Waals surface area contributed by atoms with Crippen LogP contribution in [0.2, 0.25) is 0 Å². The third kappa shape index (κ3) is 2.61. The molecule has 1 saturated carbocycles. The lowest BCUT2D eigenvalue weighted by Crippen LogP contribution is -2.26. The SMILES string of the molecule is CC1CC1CNC(=O)c1cc(Br)ccc1F. The molecule has 1 aliphatic rings. The number of halogens is 2. The molecule has 2 atom stereocenters. The van der Waals surface area contributed by atoms with Gasteiger partial charge in [-0.1, -0.05) is 22.9 Å². The molecule has 0 bridgehead atoms. The van der Waals surface area contributed by atoms with E-state index < -0.39 is 5.82 Å². The van der Waals surface area contributed by atoms with Gasteiger partial charge in [0.2, 0.25) is 0 Å². The van der Waals surface area contributed by atoms with E-state index in [-0.39, 0.29) is 11.5 Å². The van der Waals surface area contributed by atoms with Crippen LogP contribution in [0.25, 0.3) is 0 Å². The zero-order valence-electron chi connectivity index (χ0n) is 8.97. The zero-order chi connectivity index (χ0) is 11.7. The van der Waals surface area contributed by atoms with Gasteiger partial charge in [-0.05, 0) is 36.5 Å². The summed E-state index contributed by atoms with van der Waals surface area (Å²) < 4.78 is 14.1. The lowest BCUT2D eigenvalue weighted by molar-refractivity contribution is 0.0947. The van der Waals surface area contributed by atoms with Gasteiger partial charge >= 0.3 is 0 Å². The minimum Gasteiger partial charge on any atom is -0.352 e. The fraction of sp³-hybridized carbons (Fsp3) is 0.417. The van der Waals surface area contributed by atoms with E-state index >= 15 is 0 Å². The fourth-order valence-electron chi connectivity index (χ4n) is 1.67. The highest BCUT2D eigenvalue weighted by Gasteiger charge is 2.32. The Bertz CT molecular complexity index is 421. The minimum absolute atomic E-state index is 0.0997. The average Bonchev–Trinajstić information content (AvgIpc) is 2.95. The van der Waals surface area contributed by atoms with E-state index in [0.717, 1.165) is 6.42 Å². The second-order valence-electron chi connectivity index (χ2n) is 4.31. The maximum atomic E-state index is 13.4. The Hall–Kier alpha value is -0.900. The van der Waals surface area contributed by atoms with Gasteiger partial charge < -0.3 is 5.32 Å². The smallest absolute Gasteiger partial charge is 0.254 e. The molecule has 86 valence electrons. The summed E-state index contributed by atoms with van der Waals surface area (Å²) in [7, 11) is 0. The summed E-state index contributed by atoms with van der Waals surface area (Å²) in [6.45, 7) is 2.79. The number of carbonyl (C=O) groups is 1. The van der Waals surface area contributed by atoms with Crippen LogP contribution in [0, 0.1) is 17.7 Å². The van der Waals surface area contributed by atoms with Crippen molar-refractivity contribution in [1.29, 1.82) is 0 Å². The number of nitrogens with one attached hydrogen (secondary N) is 1. The molecular formula is C12H13BrFNO. The molecule has 1 aromatic rings. The van der Waals surface area contributed by atoms with Crippen LogP contribution in [0.15, 0.2) is 22.7 Å². The third-order valence-corrected chi connectivity index (χ3v) is 3.47. The first kappa shape index (κ1) is 11.6. The zero-order valence-corrected chi connectivity index (χ0v) is 10.6. The van der Waals surface area contributed by atoms with Crippen LogP contribution >= 0.6 is 15.9 Å². The van der Waals surface area contributed by atoms with Crippen molar-refractivity contribution in [2.24, 2.45) is 11.8 Å². The van der Waals surface area contributed by atoms with E-state index in [1.54, 1.807) is 6.07 Å². The second kappa shape index (κ2) is 4.53. The van der Waals surface area contributed by atoms with Gasteiger partial charge in [-0.15, -0.1) is 0 Å². The molecule has 2 nitrogen and oxygen atoms in total. The molecule has 0 radical (unpaired) electrons. The number of hydrogen-bond donors (Lipinski definition) is 1. The second-order valence-corrected chi connectivity index (χ2v) is 5.22. The minimum atomic E-state index is -0.482. The molecule has 0 spiro atoms. The number of benzene rings is 1. The lowest BCUT2D eigenvalue weighted by atomic mass is 10.2. The van der Waals surface area contributed by atoms with Gasteiger partial charge in [0.15, 0.2) is 0 Å². The molecule has 0 heterocycles. The van der Waals surface area contributed by atoms with Crippen molar-refractivity contribution in [3.63, 3.8) is 0 Å².